The van der Waals surface area contributed by atoms with Crippen LogP contribution in [0.5, 0.6) is 0 Å². The Morgan fingerprint density at radius 1 is 1.38 bits per heavy atom. The maximum absolute atomic E-state index is 12.4. The smallest absolute Gasteiger partial charge is 0.408 e. The fraction of sp³-hybridized carbons (Fsp3) is 0.316. The van der Waals surface area contributed by atoms with E-state index in [1.807, 2.05) is 35.7 Å². The number of rotatable bonds is 5. The lowest BCUT2D eigenvalue weighted by molar-refractivity contribution is 0.134. The number of benzene rings is 1. The predicted molar refractivity (Wildman–Crippen MR) is 98.3 cm³/mol. The number of nitrogens with one attached hydrogen (secondary N) is 1. The van der Waals surface area contributed by atoms with Gasteiger partial charge in [0.05, 0.1) is 0 Å². The number of aromatic nitrogens is 1. The van der Waals surface area contributed by atoms with Crippen LogP contribution in [-0.4, -0.2) is 11.1 Å². The highest BCUT2D eigenvalue weighted by atomic mass is 32.1. The van der Waals surface area contributed by atoms with Crippen LogP contribution in [0.25, 0.3) is 10.2 Å². The van der Waals surface area contributed by atoms with Crippen molar-refractivity contribution in [3.8, 4) is 0 Å². The van der Waals surface area contributed by atoms with E-state index in [9.17, 15) is 9.59 Å². The number of nitrogens with zero attached hydrogens (tertiary/aromatic N) is 1. The van der Waals surface area contributed by atoms with Gasteiger partial charge in [-0.1, -0.05) is 30.3 Å². The maximum Gasteiger partial charge on any atom is 0.408 e. The minimum absolute atomic E-state index is 0.172. The molecule has 1 N–H and O–H groups in total. The number of ether oxygens (including phenoxy) is 1. The lowest BCUT2D eigenvalue weighted by Gasteiger charge is -2.12. The number of alkyl carbamates (subject to hydrolysis) is 1. The van der Waals surface area contributed by atoms with E-state index >= 15 is 0 Å². The molecule has 0 radical (unpaired) electrons. The molecule has 0 bridgehead atoms. The zero-order chi connectivity index (χ0) is 18.1. The van der Waals surface area contributed by atoms with Gasteiger partial charge in [0.15, 0.2) is 0 Å². The van der Waals surface area contributed by atoms with Gasteiger partial charge < -0.3 is 14.5 Å². The summed E-state index contributed by atoms with van der Waals surface area (Å²) >= 11 is 1.44. The third-order valence-electron chi connectivity index (χ3n) is 4.35. The Balaban J connectivity index is 1.45. The van der Waals surface area contributed by atoms with Crippen molar-refractivity contribution < 1.29 is 13.9 Å². The lowest BCUT2D eigenvalue weighted by atomic mass is 10.1. The topological polar surface area (TPSA) is 81.4 Å². The Bertz CT molecular complexity index is 992. The van der Waals surface area contributed by atoms with Crippen molar-refractivity contribution in [1.29, 1.82) is 0 Å². The molecule has 1 atom stereocenters. The van der Waals surface area contributed by atoms with Crippen molar-refractivity contribution in [2.75, 3.05) is 0 Å². The Labute approximate surface area is 153 Å². The van der Waals surface area contributed by atoms with Crippen molar-refractivity contribution in [3.63, 3.8) is 0 Å². The zero-order valence-electron chi connectivity index (χ0n) is 14.2. The summed E-state index contributed by atoms with van der Waals surface area (Å²) in [6.45, 7) is 1.88. The van der Waals surface area contributed by atoms with Gasteiger partial charge in [-0.15, -0.1) is 11.3 Å². The van der Waals surface area contributed by atoms with Crippen LogP contribution in [-0.2, 0) is 11.3 Å². The first kappa shape index (κ1) is 16.8. The van der Waals surface area contributed by atoms with E-state index in [1.165, 1.54) is 11.3 Å². The molecule has 1 unspecified atom stereocenters. The molecular weight excluding hydrogens is 352 g/mol. The number of hydrogen-bond acceptors (Lipinski definition) is 6. The molecule has 4 rings (SSSR count). The molecule has 7 heteroatoms. The molecule has 26 heavy (non-hydrogen) atoms. The summed E-state index contributed by atoms with van der Waals surface area (Å²) in [4.78, 5) is 29.4. The fourth-order valence-electron chi connectivity index (χ4n) is 2.80. The van der Waals surface area contributed by atoms with Crippen LogP contribution in [0, 0.1) is 0 Å². The Morgan fingerprint density at radius 2 is 2.15 bits per heavy atom. The second-order valence-electron chi connectivity index (χ2n) is 6.41. The van der Waals surface area contributed by atoms with E-state index in [1.54, 1.807) is 6.92 Å². The minimum Gasteiger partial charge on any atom is -0.445 e. The lowest BCUT2D eigenvalue weighted by Crippen LogP contribution is -2.28. The molecule has 134 valence electrons. The molecule has 1 aliphatic rings. The van der Waals surface area contributed by atoms with Gasteiger partial charge in [0, 0.05) is 0 Å². The highest BCUT2D eigenvalue weighted by Crippen LogP contribution is 2.44. The molecule has 1 saturated carbocycles. The van der Waals surface area contributed by atoms with E-state index in [0.717, 1.165) is 24.0 Å². The van der Waals surface area contributed by atoms with Gasteiger partial charge in [0.2, 0.25) is 5.89 Å². The number of thiophene rings is 1. The van der Waals surface area contributed by atoms with E-state index in [0.29, 0.717) is 16.1 Å². The fourth-order valence-corrected chi connectivity index (χ4v) is 3.81. The standard InChI is InChI=1S/C19H18N2O4S/c1-11(20-19(23)24-9-12-5-3-2-4-6-12)16-21-17-15(18(22)25-16)14(10-26-17)13-7-8-13/h2-6,10-11,13H,7-9H2,1H3,(H,20,23). The summed E-state index contributed by atoms with van der Waals surface area (Å²) in [5, 5.41) is 5.22. The maximum atomic E-state index is 12.4. The SMILES string of the molecule is CC(NC(=O)OCc1ccccc1)c1nc2scc(C3CC3)c2c(=O)o1. The van der Waals surface area contributed by atoms with Gasteiger partial charge in [-0.05, 0) is 42.2 Å². The summed E-state index contributed by atoms with van der Waals surface area (Å²) in [6.07, 6.45) is 1.63. The van der Waals surface area contributed by atoms with Gasteiger partial charge in [0.1, 0.15) is 22.9 Å². The Kier molecular flexibility index (Phi) is 4.46. The monoisotopic (exact) mass is 370 g/mol. The Hall–Kier alpha value is -2.67. The van der Waals surface area contributed by atoms with Gasteiger partial charge in [-0.25, -0.2) is 14.6 Å². The first-order chi connectivity index (χ1) is 12.6. The summed E-state index contributed by atoms with van der Waals surface area (Å²) in [7, 11) is 0. The van der Waals surface area contributed by atoms with E-state index in [2.05, 4.69) is 10.3 Å². The molecule has 0 spiro atoms. The molecule has 3 aromatic rings. The minimum atomic E-state index is -0.587. The molecule has 1 fully saturated rings. The largest absolute Gasteiger partial charge is 0.445 e. The number of carbonyl (C=O) groups excluding carboxylic acids is 1. The first-order valence-corrected chi connectivity index (χ1v) is 9.39. The molecule has 1 amide bonds. The third-order valence-corrected chi connectivity index (χ3v) is 5.24. The molecule has 0 aliphatic heterocycles. The number of hydrogen-bond donors (Lipinski definition) is 1. The number of amides is 1. The zero-order valence-corrected chi connectivity index (χ0v) is 15.0. The van der Waals surface area contributed by atoms with Gasteiger partial charge >= 0.3 is 11.7 Å². The predicted octanol–water partition coefficient (Wildman–Crippen LogP) is 4.11. The van der Waals surface area contributed by atoms with Crippen LogP contribution in [0.15, 0.2) is 44.9 Å². The van der Waals surface area contributed by atoms with Crippen LogP contribution in [0.3, 0.4) is 0 Å². The third kappa shape index (κ3) is 3.48. The van der Waals surface area contributed by atoms with Gasteiger partial charge in [0.25, 0.3) is 0 Å². The van der Waals surface area contributed by atoms with Gasteiger partial charge in [-0.3, -0.25) is 0 Å². The highest BCUT2D eigenvalue weighted by molar-refractivity contribution is 7.16. The summed E-state index contributed by atoms with van der Waals surface area (Å²) in [6, 6.07) is 8.84. The molecule has 2 heterocycles. The second kappa shape index (κ2) is 6.92. The Morgan fingerprint density at radius 3 is 2.88 bits per heavy atom. The summed E-state index contributed by atoms with van der Waals surface area (Å²) in [5.41, 5.74) is 1.55. The van der Waals surface area contributed by atoms with E-state index in [4.69, 9.17) is 9.15 Å². The van der Waals surface area contributed by atoms with E-state index in [-0.39, 0.29) is 18.1 Å². The van der Waals surface area contributed by atoms with Crippen molar-refractivity contribution in [1.82, 2.24) is 10.3 Å². The highest BCUT2D eigenvalue weighted by Gasteiger charge is 2.29. The van der Waals surface area contributed by atoms with Crippen LogP contribution in [0.4, 0.5) is 4.79 Å². The summed E-state index contributed by atoms with van der Waals surface area (Å²) < 4.78 is 10.5. The van der Waals surface area contributed by atoms with Crippen molar-refractivity contribution >= 4 is 27.6 Å². The van der Waals surface area contributed by atoms with Crippen LogP contribution in [0.1, 0.15) is 48.7 Å². The van der Waals surface area contributed by atoms with E-state index < -0.39 is 12.1 Å². The number of carbonyl (C=O) groups is 1. The van der Waals surface area contributed by atoms with Crippen molar-refractivity contribution in [3.05, 3.63) is 63.1 Å². The van der Waals surface area contributed by atoms with Gasteiger partial charge in [-0.2, -0.15) is 0 Å². The second-order valence-corrected chi connectivity index (χ2v) is 7.27. The van der Waals surface area contributed by atoms with Crippen molar-refractivity contribution in [2.24, 2.45) is 0 Å². The molecule has 2 aromatic heterocycles. The van der Waals surface area contributed by atoms with Crippen LogP contribution >= 0.6 is 11.3 Å². The first-order valence-electron chi connectivity index (χ1n) is 8.51. The molecule has 1 aliphatic carbocycles. The normalized spacial score (nSPS) is 15.0. The molecule has 6 nitrogen and oxygen atoms in total. The quantitative estimate of drug-likeness (QED) is 0.731. The molecule has 1 aromatic carbocycles. The number of fused-ring (bicyclic) bond motifs is 1. The average Bonchev–Trinajstić information content (AvgIpc) is 3.40. The average molecular weight is 370 g/mol. The molecular formula is C19H18N2O4S. The summed E-state index contributed by atoms with van der Waals surface area (Å²) in [5.74, 6) is 0.645. The van der Waals surface area contributed by atoms with Crippen LogP contribution in [0.2, 0.25) is 0 Å². The van der Waals surface area contributed by atoms with Crippen molar-refractivity contribution in [2.45, 2.75) is 38.3 Å². The van der Waals surface area contributed by atoms with Crippen LogP contribution < -0.4 is 10.9 Å². The molecule has 0 saturated heterocycles.